The van der Waals surface area contributed by atoms with Gasteiger partial charge in [-0.05, 0) is 79.1 Å². The Morgan fingerprint density at radius 3 is 2.42 bits per heavy atom. The first-order valence-corrected chi connectivity index (χ1v) is 13.9. The minimum absolute atomic E-state index is 0.00495. The lowest BCUT2D eigenvalue weighted by atomic mass is 9.89. The van der Waals surface area contributed by atoms with Crippen LogP contribution in [0.5, 0.6) is 0 Å². The highest BCUT2D eigenvalue weighted by Gasteiger charge is 2.37. The summed E-state index contributed by atoms with van der Waals surface area (Å²) < 4.78 is 0. The minimum Gasteiger partial charge on any atom is -0.340 e. The van der Waals surface area contributed by atoms with E-state index >= 15 is 0 Å². The first-order valence-electron chi connectivity index (χ1n) is 12.6. The molecule has 0 aliphatic carbocycles. The average Bonchev–Trinajstić information content (AvgIpc) is 3.24. The van der Waals surface area contributed by atoms with E-state index in [1.54, 1.807) is 24.3 Å². The lowest BCUT2D eigenvalue weighted by molar-refractivity contribution is -0.137. The standard InChI is InChI=1S/C29H32ClN3O2S/c1-20-6-3-4-7-24(20)27-25-13-19-36-26(25)12-16-33(27)21(2)28(34)31-14-5-15-32(18-17-31)29(35)22-8-10-23(30)11-9-22/h3-4,6-11,13,19,21,27H,5,12,14-18H2,1-2H3/t21-,27+/m1/s1. The van der Waals surface area contributed by atoms with Crippen LogP contribution in [0.25, 0.3) is 0 Å². The van der Waals surface area contributed by atoms with Gasteiger partial charge < -0.3 is 9.80 Å². The molecule has 3 heterocycles. The second-order valence-electron chi connectivity index (χ2n) is 9.70. The van der Waals surface area contributed by atoms with Crippen LogP contribution in [0.4, 0.5) is 0 Å². The van der Waals surface area contributed by atoms with E-state index in [2.05, 4.69) is 47.5 Å². The Bertz CT molecular complexity index is 1240. The van der Waals surface area contributed by atoms with Crippen LogP contribution in [-0.4, -0.2) is 65.3 Å². The molecule has 0 saturated carbocycles. The smallest absolute Gasteiger partial charge is 0.253 e. The Morgan fingerprint density at radius 1 is 0.917 bits per heavy atom. The molecular weight excluding hydrogens is 490 g/mol. The SMILES string of the molecule is Cc1ccccc1[C@H]1c2ccsc2CCN1[C@H](C)C(=O)N1CCCN(C(=O)c2ccc(Cl)cc2)CC1. The number of hydrogen-bond acceptors (Lipinski definition) is 4. The number of rotatable bonds is 4. The van der Waals surface area contributed by atoms with Crippen LogP contribution in [0.15, 0.2) is 60.0 Å². The summed E-state index contributed by atoms with van der Waals surface area (Å²) in [6, 6.07) is 17.6. The fraction of sp³-hybridized carbons (Fsp3) is 0.379. The lowest BCUT2D eigenvalue weighted by Gasteiger charge is -2.41. The van der Waals surface area contributed by atoms with Gasteiger partial charge in [0.05, 0.1) is 12.1 Å². The van der Waals surface area contributed by atoms with Crippen LogP contribution in [0, 0.1) is 6.92 Å². The number of fused-ring (bicyclic) bond motifs is 1. The van der Waals surface area contributed by atoms with Gasteiger partial charge in [0.2, 0.25) is 5.91 Å². The minimum atomic E-state index is -0.249. The van der Waals surface area contributed by atoms with Crippen molar-refractivity contribution >= 4 is 34.8 Å². The van der Waals surface area contributed by atoms with Crippen molar-refractivity contribution in [2.45, 2.75) is 38.8 Å². The zero-order valence-electron chi connectivity index (χ0n) is 20.8. The van der Waals surface area contributed by atoms with E-state index in [1.165, 1.54) is 21.6 Å². The molecule has 7 heteroatoms. The number of carbonyl (C=O) groups is 2. The molecule has 2 aliphatic heterocycles. The first kappa shape index (κ1) is 25.0. The van der Waals surface area contributed by atoms with Crippen LogP contribution in [0.3, 0.4) is 0 Å². The maximum atomic E-state index is 13.8. The molecule has 0 spiro atoms. The topological polar surface area (TPSA) is 43.9 Å². The number of aryl methyl sites for hydroxylation is 1. The van der Waals surface area contributed by atoms with E-state index in [0.29, 0.717) is 36.8 Å². The second-order valence-corrected chi connectivity index (χ2v) is 11.1. The van der Waals surface area contributed by atoms with E-state index in [4.69, 9.17) is 11.6 Å². The molecule has 5 rings (SSSR count). The van der Waals surface area contributed by atoms with Gasteiger partial charge in [0, 0.05) is 48.2 Å². The van der Waals surface area contributed by atoms with Crippen LogP contribution in [0.1, 0.15) is 51.3 Å². The quantitative estimate of drug-likeness (QED) is 0.460. The van der Waals surface area contributed by atoms with Crippen molar-refractivity contribution in [3.8, 4) is 0 Å². The third-order valence-corrected chi connectivity index (χ3v) is 8.78. The Balaban J connectivity index is 1.32. The number of hydrogen-bond donors (Lipinski definition) is 0. The molecule has 1 fully saturated rings. The van der Waals surface area contributed by atoms with Gasteiger partial charge in [0.1, 0.15) is 0 Å². The Labute approximate surface area is 222 Å². The summed E-state index contributed by atoms with van der Waals surface area (Å²) >= 11 is 7.80. The molecule has 0 unspecified atom stereocenters. The first-order chi connectivity index (χ1) is 17.4. The molecule has 2 aliphatic rings. The molecule has 2 aromatic carbocycles. The van der Waals surface area contributed by atoms with Crippen molar-refractivity contribution < 1.29 is 9.59 Å². The van der Waals surface area contributed by atoms with Crippen LogP contribution in [0.2, 0.25) is 5.02 Å². The number of halogens is 1. The van der Waals surface area contributed by atoms with E-state index in [0.717, 1.165) is 19.4 Å². The Morgan fingerprint density at radius 2 is 1.64 bits per heavy atom. The molecule has 1 aromatic heterocycles. The molecule has 188 valence electrons. The van der Waals surface area contributed by atoms with Crippen molar-refractivity contribution in [2.75, 3.05) is 32.7 Å². The third kappa shape index (κ3) is 4.95. The monoisotopic (exact) mass is 521 g/mol. The highest BCUT2D eigenvalue weighted by Crippen LogP contribution is 2.40. The Hall–Kier alpha value is -2.67. The molecule has 3 aromatic rings. The van der Waals surface area contributed by atoms with Crippen molar-refractivity contribution in [3.63, 3.8) is 0 Å². The van der Waals surface area contributed by atoms with Gasteiger partial charge >= 0.3 is 0 Å². The van der Waals surface area contributed by atoms with Gasteiger partial charge in [-0.3, -0.25) is 14.5 Å². The molecule has 2 atom stereocenters. The zero-order chi connectivity index (χ0) is 25.2. The second kappa shape index (κ2) is 10.8. The van der Waals surface area contributed by atoms with Gasteiger partial charge in [0.15, 0.2) is 0 Å². The van der Waals surface area contributed by atoms with Crippen molar-refractivity contribution in [2.24, 2.45) is 0 Å². The van der Waals surface area contributed by atoms with Gasteiger partial charge in [-0.15, -0.1) is 11.3 Å². The number of benzene rings is 2. The summed E-state index contributed by atoms with van der Waals surface area (Å²) in [4.78, 5) is 34.4. The van der Waals surface area contributed by atoms with E-state index in [-0.39, 0.29) is 23.9 Å². The Kier molecular flexibility index (Phi) is 7.47. The maximum absolute atomic E-state index is 13.8. The summed E-state index contributed by atoms with van der Waals surface area (Å²) in [6.45, 7) is 7.46. The zero-order valence-corrected chi connectivity index (χ0v) is 22.4. The summed E-state index contributed by atoms with van der Waals surface area (Å²) in [6.07, 6.45) is 1.74. The number of thiophene rings is 1. The number of nitrogens with zero attached hydrogens (tertiary/aromatic N) is 3. The van der Waals surface area contributed by atoms with E-state index in [9.17, 15) is 9.59 Å². The fourth-order valence-electron chi connectivity index (χ4n) is 5.51. The summed E-state index contributed by atoms with van der Waals surface area (Å²) in [7, 11) is 0. The van der Waals surface area contributed by atoms with Gasteiger partial charge in [-0.25, -0.2) is 0 Å². The predicted octanol–water partition coefficient (Wildman–Crippen LogP) is 5.42. The molecule has 36 heavy (non-hydrogen) atoms. The van der Waals surface area contributed by atoms with Gasteiger partial charge in [-0.1, -0.05) is 35.9 Å². The van der Waals surface area contributed by atoms with Crippen LogP contribution in [-0.2, 0) is 11.2 Å². The number of carbonyl (C=O) groups excluding carboxylic acids is 2. The van der Waals surface area contributed by atoms with E-state index in [1.807, 2.05) is 28.1 Å². The highest BCUT2D eigenvalue weighted by molar-refractivity contribution is 7.10. The average molecular weight is 522 g/mol. The molecule has 2 amide bonds. The van der Waals surface area contributed by atoms with Crippen LogP contribution < -0.4 is 0 Å². The van der Waals surface area contributed by atoms with Gasteiger partial charge in [0.25, 0.3) is 5.91 Å². The largest absolute Gasteiger partial charge is 0.340 e. The van der Waals surface area contributed by atoms with E-state index < -0.39 is 0 Å². The summed E-state index contributed by atoms with van der Waals surface area (Å²) in [5.74, 6) is 0.141. The molecule has 5 nitrogen and oxygen atoms in total. The predicted molar refractivity (Wildman–Crippen MR) is 146 cm³/mol. The van der Waals surface area contributed by atoms with Crippen molar-refractivity contribution in [1.82, 2.24) is 14.7 Å². The number of amides is 2. The lowest BCUT2D eigenvalue weighted by Crippen LogP contribution is -2.51. The molecule has 0 bridgehead atoms. The molecule has 1 saturated heterocycles. The summed E-state index contributed by atoms with van der Waals surface area (Å²) in [5, 5.41) is 2.79. The third-order valence-electron chi connectivity index (χ3n) is 7.53. The fourth-order valence-corrected chi connectivity index (χ4v) is 6.54. The maximum Gasteiger partial charge on any atom is 0.253 e. The molecule has 0 N–H and O–H groups in total. The van der Waals surface area contributed by atoms with Gasteiger partial charge in [-0.2, -0.15) is 0 Å². The normalized spacial score (nSPS) is 19.5. The van der Waals surface area contributed by atoms with Crippen LogP contribution >= 0.6 is 22.9 Å². The molecule has 0 radical (unpaired) electrons. The molecular formula is C29H32ClN3O2S. The highest BCUT2D eigenvalue weighted by atomic mass is 35.5. The summed E-state index contributed by atoms with van der Waals surface area (Å²) in [5.41, 5.74) is 4.48. The van der Waals surface area contributed by atoms with Crippen molar-refractivity contribution in [1.29, 1.82) is 0 Å². The van der Waals surface area contributed by atoms with Crippen molar-refractivity contribution in [3.05, 3.63) is 92.1 Å².